The van der Waals surface area contributed by atoms with Gasteiger partial charge in [-0.25, -0.2) is 0 Å². The van der Waals surface area contributed by atoms with E-state index in [4.69, 9.17) is 10.2 Å². The maximum Gasteiger partial charge on any atom is 0.320 e. The molecule has 0 aliphatic rings. The summed E-state index contributed by atoms with van der Waals surface area (Å²) in [5, 5.41) is 19.5. The molecular weight excluding hydrogens is 176 g/mol. The molecule has 0 aromatic heterocycles. The van der Waals surface area contributed by atoms with E-state index in [1.54, 1.807) is 6.92 Å². The average Bonchev–Trinajstić information content (AvgIpc) is 1.96. The van der Waals surface area contributed by atoms with Crippen LogP contribution in [0.4, 0.5) is 0 Å². The van der Waals surface area contributed by atoms with Crippen molar-refractivity contribution in [3.05, 3.63) is 0 Å². The van der Waals surface area contributed by atoms with E-state index in [0.717, 1.165) is 0 Å². The Morgan fingerprint density at radius 1 is 1.38 bits per heavy atom. The zero-order chi connectivity index (χ0) is 9.56. The average molecular weight is 192 g/mol. The molecule has 0 aliphatic carbocycles. The molecule has 0 heterocycles. The topological polar surface area (TPSA) is 122 Å². The van der Waals surface area contributed by atoms with Gasteiger partial charge in [-0.3, -0.25) is 9.59 Å². The third-order valence-electron chi connectivity index (χ3n) is 1.40. The van der Waals surface area contributed by atoms with Crippen LogP contribution in [0.15, 0.2) is 0 Å². The van der Waals surface area contributed by atoms with E-state index in [-0.39, 0.29) is 19.0 Å². The largest absolute Gasteiger partial charge is 0.481 e. The highest BCUT2D eigenvalue weighted by Crippen LogP contribution is 1.97. The third-order valence-corrected chi connectivity index (χ3v) is 1.40. The smallest absolute Gasteiger partial charge is 0.320 e. The molecule has 6 N–H and O–H groups in total. The molecule has 6 heteroatoms. The zero-order valence-electron chi connectivity index (χ0n) is 7.62. The van der Waals surface area contributed by atoms with Gasteiger partial charge in [0.05, 0.1) is 0 Å². The lowest BCUT2D eigenvalue weighted by Gasteiger charge is -2.10. The molecule has 13 heavy (non-hydrogen) atoms. The van der Waals surface area contributed by atoms with E-state index in [2.05, 4.69) is 5.32 Å². The number of rotatable bonds is 6. The maximum atomic E-state index is 10.4. The molecule has 0 spiro atoms. The Bertz CT molecular complexity index is 172. The Balaban J connectivity index is 0. The van der Waals surface area contributed by atoms with Gasteiger partial charge in [0.25, 0.3) is 0 Å². The van der Waals surface area contributed by atoms with Crippen molar-refractivity contribution in [3.8, 4) is 0 Å². The predicted octanol–water partition coefficient (Wildman–Crippen LogP) is 0.0759. The van der Waals surface area contributed by atoms with Crippen molar-refractivity contribution < 1.29 is 19.8 Å². The first-order valence-corrected chi connectivity index (χ1v) is 3.76. The van der Waals surface area contributed by atoms with Crippen LogP contribution in [0.25, 0.3) is 0 Å². The Labute approximate surface area is 76.5 Å². The molecule has 78 valence electrons. The number of carboxylic acids is 2. The summed E-state index contributed by atoms with van der Waals surface area (Å²) in [6, 6.07) is -0.744. The summed E-state index contributed by atoms with van der Waals surface area (Å²) in [5.41, 5.74) is 0. The number of hydrogen-bond donors (Lipinski definition) is 4. The van der Waals surface area contributed by atoms with E-state index in [9.17, 15) is 9.59 Å². The normalized spacial score (nSPS) is 11.5. The fraction of sp³-hybridized carbons (Fsp3) is 0.714. The Morgan fingerprint density at radius 2 is 1.92 bits per heavy atom. The minimum atomic E-state index is -1.00. The van der Waals surface area contributed by atoms with E-state index in [1.807, 2.05) is 0 Å². The van der Waals surface area contributed by atoms with Crippen molar-refractivity contribution in [2.75, 3.05) is 6.54 Å². The number of nitrogens with one attached hydrogen (secondary N) is 1. The number of aliphatic carboxylic acids is 2. The van der Waals surface area contributed by atoms with Gasteiger partial charge in [0.2, 0.25) is 0 Å². The Hall–Kier alpha value is -1.14. The van der Waals surface area contributed by atoms with Gasteiger partial charge in [-0.05, 0) is 13.0 Å². The van der Waals surface area contributed by atoms with Gasteiger partial charge in [-0.15, -0.1) is 0 Å². The maximum absolute atomic E-state index is 10.4. The first-order valence-electron chi connectivity index (χ1n) is 3.76. The van der Waals surface area contributed by atoms with Gasteiger partial charge >= 0.3 is 11.9 Å². The van der Waals surface area contributed by atoms with Crippen molar-refractivity contribution in [2.45, 2.75) is 25.8 Å². The first-order chi connectivity index (χ1) is 5.57. The molecule has 0 radical (unpaired) electrons. The molecular formula is C7H16N2O4. The molecule has 0 aromatic carbocycles. The van der Waals surface area contributed by atoms with Crippen molar-refractivity contribution >= 4 is 11.9 Å². The molecule has 0 saturated heterocycles. The van der Waals surface area contributed by atoms with Crippen LogP contribution in [0.2, 0.25) is 0 Å². The lowest BCUT2D eigenvalue weighted by atomic mass is 10.1. The van der Waals surface area contributed by atoms with Crippen molar-refractivity contribution in [3.63, 3.8) is 0 Å². The standard InChI is InChI=1S/C7H13NO4.H3N/c1-2-8-5(7(11)12)3-4-6(9)10;/h5,8H,2-4H2,1H3,(H,9,10)(H,11,12);1H3. The van der Waals surface area contributed by atoms with Crippen molar-refractivity contribution in [1.82, 2.24) is 11.5 Å². The minimum Gasteiger partial charge on any atom is -0.481 e. The quantitative estimate of drug-likeness (QED) is 0.472. The molecule has 0 aliphatic heterocycles. The monoisotopic (exact) mass is 192 g/mol. The van der Waals surface area contributed by atoms with E-state index >= 15 is 0 Å². The highest BCUT2D eigenvalue weighted by Gasteiger charge is 2.16. The summed E-state index contributed by atoms with van der Waals surface area (Å²) in [6.45, 7) is 2.30. The number of carboxylic acid groups (broad SMARTS) is 2. The molecule has 0 rings (SSSR count). The summed E-state index contributed by atoms with van der Waals surface area (Å²) in [4.78, 5) is 20.6. The second kappa shape index (κ2) is 7.51. The van der Waals surface area contributed by atoms with Crippen molar-refractivity contribution in [2.24, 2.45) is 0 Å². The molecule has 1 unspecified atom stereocenters. The van der Waals surface area contributed by atoms with Gasteiger partial charge in [0.1, 0.15) is 6.04 Å². The SMILES string of the molecule is CCNC(CCC(=O)O)C(=O)O.N. The lowest BCUT2D eigenvalue weighted by molar-refractivity contribution is -0.140. The van der Waals surface area contributed by atoms with Crippen LogP contribution < -0.4 is 11.5 Å². The molecule has 0 amide bonds. The van der Waals surface area contributed by atoms with Crippen LogP contribution in [-0.4, -0.2) is 34.7 Å². The van der Waals surface area contributed by atoms with Crippen LogP contribution in [0.3, 0.4) is 0 Å². The summed E-state index contributed by atoms with van der Waals surface area (Å²) < 4.78 is 0. The summed E-state index contributed by atoms with van der Waals surface area (Å²) in [7, 11) is 0. The number of likely N-dealkylation sites (N-methyl/N-ethyl adjacent to an activating group) is 1. The number of hydrogen-bond acceptors (Lipinski definition) is 4. The summed E-state index contributed by atoms with van der Waals surface area (Å²) in [6.07, 6.45) is 0.00245. The van der Waals surface area contributed by atoms with Crippen LogP contribution in [0.5, 0.6) is 0 Å². The van der Waals surface area contributed by atoms with Crippen LogP contribution in [-0.2, 0) is 9.59 Å². The van der Waals surface area contributed by atoms with E-state index in [1.165, 1.54) is 0 Å². The number of carbonyl (C=O) groups is 2. The second-order valence-electron chi connectivity index (χ2n) is 2.38. The molecule has 6 nitrogen and oxygen atoms in total. The van der Waals surface area contributed by atoms with Gasteiger partial charge in [0, 0.05) is 6.42 Å². The van der Waals surface area contributed by atoms with E-state index < -0.39 is 18.0 Å². The molecule has 1 atom stereocenters. The highest BCUT2D eigenvalue weighted by atomic mass is 16.4. The lowest BCUT2D eigenvalue weighted by Crippen LogP contribution is -2.36. The van der Waals surface area contributed by atoms with Crippen LogP contribution in [0.1, 0.15) is 19.8 Å². The first kappa shape index (κ1) is 14.4. The predicted molar refractivity (Wildman–Crippen MR) is 47.0 cm³/mol. The van der Waals surface area contributed by atoms with Gasteiger partial charge in [0.15, 0.2) is 0 Å². The summed E-state index contributed by atoms with van der Waals surface area (Å²) in [5.74, 6) is -1.97. The zero-order valence-corrected chi connectivity index (χ0v) is 7.62. The van der Waals surface area contributed by atoms with Gasteiger partial charge < -0.3 is 21.7 Å². The molecule has 0 fully saturated rings. The third kappa shape index (κ3) is 7.23. The fourth-order valence-electron chi connectivity index (χ4n) is 0.827. The van der Waals surface area contributed by atoms with E-state index in [0.29, 0.717) is 6.54 Å². The van der Waals surface area contributed by atoms with Gasteiger partial charge in [-0.2, -0.15) is 0 Å². The molecule has 0 bridgehead atoms. The van der Waals surface area contributed by atoms with Crippen LogP contribution in [0, 0.1) is 0 Å². The van der Waals surface area contributed by atoms with Crippen LogP contribution >= 0.6 is 0 Å². The second-order valence-corrected chi connectivity index (χ2v) is 2.38. The Morgan fingerprint density at radius 3 is 2.23 bits per heavy atom. The van der Waals surface area contributed by atoms with Gasteiger partial charge in [-0.1, -0.05) is 6.92 Å². The van der Waals surface area contributed by atoms with Crippen molar-refractivity contribution in [1.29, 1.82) is 0 Å². The molecule has 0 saturated carbocycles. The Kier molecular flexibility index (Phi) is 8.31. The highest BCUT2D eigenvalue weighted by molar-refractivity contribution is 5.75. The minimum absolute atomic E-state index is 0. The fourth-order valence-corrected chi connectivity index (χ4v) is 0.827. The molecule has 0 aromatic rings. The summed E-state index contributed by atoms with van der Waals surface area (Å²) >= 11 is 0.